The SMILES string of the molecule is CC(C)(C)C(NC(=O)NC1CCN(c2ccccc2C(N)=O)C1)c1ccc(F)cc1F. The van der Waals surface area contributed by atoms with Gasteiger partial charge in [0, 0.05) is 36.4 Å². The van der Waals surface area contributed by atoms with Crippen LogP contribution in [0.5, 0.6) is 0 Å². The Kier molecular flexibility index (Phi) is 6.48. The topological polar surface area (TPSA) is 87.5 Å². The van der Waals surface area contributed by atoms with E-state index >= 15 is 0 Å². The predicted octanol–water partition coefficient (Wildman–Crippen LogP) is 3.73. The quantitative estimate of drug-likeness (QED) is 0.676. The second-order valence-electron chi connectivity index (χ2n) is 8.90. The number of amides is 3. The van der Waals surface area contributed by atoms with Crippen molar-refractivity contribution in [3.8, 4) is 0 Å². The fraction of sp³-hybridized carbons (Fsp3) is 0.391. The van der Waals surface area contributed by atoms with Crippen LogP contribution in [0.3, 0.4) is 0 Å². The maximum atomic E-state index is 14.4. The lowest BCUT2D eigenvalue weighted by Gasteiger charge is -2.32. The van der Waals surface area contributed by atoms with Crippen LogP contribution >= 0.6 is 0 Å². The molecule has 1 aliphatic rings. The molecule has 0 saturated carbocycles. The number of primary amides is 1. The van der Waals surface area contributed by atoms with Gasteiger partial charge in [0.2, 0.25) is 0 Å². The van der Waals surface area contributed by atoms with Gasteiger partial charge in [-0.05, 0) is 30.0 Å². The Balaban J connectivity index is 1.68. The number of nitrogens with one attached hydrogen (secondary N) is 2. The number of hydrogen-bond donors (Lipinski definition) is 3. The third-order valence-electron chi connectivity index (χ3n) is 5.45. The molecular formula is C23H28F2N4O2. The highest BCUT2D eigenvalue weighted by atomic mass is 19.1. The van der Waals surface area contributed by atoms with E-state index in [0.29, 0.717) is 25.1 Å². The van der Waals surface area contributed by atoms with Gasteiger partial charge in [-0.15, -0.1) is 0 Å². The van der Waals surface area contributed by atoms with Gasteiger partial charge in [0.1, 0.15) is 11.6 Å². The largest absolute Gasteiger partial charge is 0.369 e. The van der Waals surface area contributed by atoms with Gasteiger partial charge in [0.25, 0.3) is 5.91 Å². The van der Waals surface area contributed by atoms with Crippen LogP contribution in [0, 0.1) is 17.0 Å². The van der Waals surface area contributed by atoms with Gasteiger partial charge in [0.15, 0.2) is 0 Å². The Morgan fingerprint density at radius 1 is 1.16 bits per heavy atom. The van der Waals surface area contributed by atoms with Crippen molar-refractivity contribution >= 4 is 17.6 Å². The first-order valence-electron chi connectivity index (χ1n) is 10.2. The maximum Gasteiger partial charge on any atom is 0.315 e. The monoisotopic (exact) mass is 430 g/mol. The summed E-state index contributed by atoms with van der Waals surface area (Å²) in [7, 11) is 0. The molecule has 0 spiro atoms. The Morgan fingerprint density at radius 2 is 1.87 bits per heavy atom. The van der Waals surface area contributed by atoms with E-state index in [4.69, 9.17) is 5.73 Å². The van der Waals surface area contributed by atoms with Crippen LogP contribution in [-0.4, -0.2) is 31.1 Å². The summed E-state index contributed by atoms with van der Waals surface area (Å²) in [5.41, 5.74) is 6.37. The predicted molar refractivity (Wildman–Crippen MR) is 116 cm³/mol. The average Bonchev–Trinajstić information content (AvgIpc) is 3.14. The average molecular weight is 430 g/mol. The van der Waals surface area contributed by atoms with Crippen molar-refractivity contribution < 1.29 is 18.4 Å². The molecule has 2 unspecified atom stereocenters. The van der Waals surface area contributed by atoms with Crippen molar-refractivity contribution in [1.82, 2.24) is 10.6 Å². The number of carbonyl (C=O) groups is 2. The molecule has 3 amide bonds. The summed E-state index contributed by atoms with van der Waals surface area (Å²) in [6, 6.07) is 9.22. The minimum absolute atomic E-state index is 0.153. The van der Waals surface area contributed by atoms with E-state index < -0.39 is 35.0 Å². The van der Waals surface area contributed by atoms with Crippen LogP contribution in [0.1, 0.15) is 49.2 Å². The number of benzene rings is 2. The van der Waals surface area contributed by atoms with Crippen LogP contribution in [0.25, 0.3) is 0 Å². The lowest BCUT2D eigenvalue weighted by Crippen LogP contribution is -2.47. The molecule has 6 nitrogen and oxygen atoms in total. The van der Waals surface area contributed by atoms with Gasteiger partial charge < -0.3 is 21.3 Å². The Morgan fingerprint density at radius 3 is 2.52 bits per heavy atom. The number of nitrogens with two attached hydrogens (primary N) is 1. The van der Waals surface area contributed by atoms with Crippen molar-refractivity contribution in [2.75, 3.05) is 18.0 Å². The molecule has 0 aromatic heterocycles. The summed E-state index contributed by atoms with van der Waals surface area (Å²) >= 11 is 0. The summed E-state index contributed by atoms with van der Waals surface area (Å²) < 4.78 is 27.7. The molecule has 1 fully saturated rings. The van der Waals surface area contributed by atoms with Crippen LogP contribution < -0.4 is 21.3 Å². The molecule has 0 aliphatic carbocycles. The number of halogens is 2. The summed E-state index contributed by atoms with van der Waals surface area (Å²) in [6.45, 7) is 6.80. The third-order valence-corrected chi connectivity index (χ3v) is 5.45. The highest BCUT2D eigenvalue weighted by Gasteiger charge is 2.32. The molecule has 3 rings (SSSR count). The van der Waals surface area contributed by atoms with Crippen molar-refractivity contribution in [3.63, 3.8) is 0 Å². The fourth-order valence-electron chi connectivity index (χ4n) is 3.91. The second-order valence-corrected chi connectivity index (χ2v) is 8.90. The van der Waals surface area contributed by atoms with Gasteiger partial charge in [-0.3, -0.25) is 4.79 Å². The summed E-state index contributed by atoms with van der Waals surface area (Å²) in [4.78, 5) is 26.4. The zero-order valence-electron chi connectivity index (χ0n) is 17.9. The highest BCUT2D eigenvalue weighted by molar-refractivity contribution is 5.98. The van der Waals surface area contributed by atoms with Crippen molar-refractivity contribution in [3.05, 3.63) is 65.2 Å². The van der Waals surface area contributed by atoms with Gasteiger partial charge in [-0.1, -0.05) is 39.0 Å². The summed E-state index contributed by atoms with van der Waals surface area (Å²) in [5, 5.41) is 5.77. The van der Waals surface area contributed by atoms with Crippen LogP contribution in [0.15, 0.2) is 42.5 Å². The number of urea groups is 1. The number of nitrogens with zero attached hydrogens (tertiary/aromatic N) is 1. The zero-order chi connectivity index (χ0) is 22.8. The standard InChI is InChI=1S/C23H28F2N4O2/c1-23(2,3)20(16-9-8-14(24)12-18(16)25)28-22(31)27-15-10-11-29(13-15)19-7-5-4-6-17(19)21(26)30/h4-9,12,15,20H,10-11,13H2,1-3H3,(H2,26,30)(H2,27,28,31). The first kappa shape index (κ1) is 22.5. The highest BCUT2D eigenvalue weighted by Crippen LogP contribution is 2.34. The van der Waals surface area contributed by atoms with E-state index in [-0.39, 0.29) is 11.6 Å². The molecule has 166 valence electrons. The molecular weight excluding hydrogens is 402 g/mol. The lowest BCUT2D eigenvalue weighted by atomic mass is 9.82. The molecule has 8 heteroatoms. The maximum absolute atomic E-state index is 14.4. The van der Waals surface area contributed by atoms with E-state index in [2.05, 4.69) is 10.6 Å². The van der Waals surface area contributed by atoms with Gasteiger partial charge in [-0.25, -0.2) is 13.6 Å². The molecule has 2 aromatic carbocycles. The molecule has 31 heavy (non-hydrogen) atoms. The van der Waals surface area contributed by atoms with Gasteiger partial charge >= 0.3 is 6.03 Å². The van der Waals surface area contributed by atoms with Crippen molar-refractivity contribution in [1.29, 1.82) is 0 Å². The van der Waals surface area contributed by atoms with E-state index in [0.717, 1.165) is 11.8 Å². The van der Waals surface area contributed by atoms with Crippen LogP contribution in [0.2, 0.25) is 0 Å². The minimum atomic E-state index is -0.699. The molecule has 1 saturated heterocycles. The number of carbonyl (C=O) groups excluding carboxylic acids is 2. The van der Waals surface area contributed by atoms with Gasteiger partial charge in [0.05, 0.1) is 11.6 Å². The van der Waals surface area contributed by atoms with Crippen LogP contribution in [0.4, 0.5) is 19.3 Å². The number of rotatable bonds is 5. The molecule has 0 radical (unpaired) electrons. The smallest absolute Gasteiger partial charge is 0.315 e. The molecule has 4 N–H and O–H groups in total. The normalized spacial score (nSPS) is 17.3. The Labute approximate surface area is 180 Å². The second kappa shape index (κ2) is 8.91. The number of anilines is 1. The molecule has 2 aromatic rings. The summed E-state index contributed by atoms with van der Waals surface area (Å²) in [6.07, 6.45) is 0.686. The van der Waals surface area contributed by atoms with Crippen molar-refractivity contribution in [2.45, 2.75) is 39.3 Å². The minimum Gasteiger partial charge on any atom is -0.369 e. The first-order valence-corrected chi connectivity index (χ1v) is 10.2. The Hall–Kier alpha value is -3.16. The number of hydrogen-bond acceptors (Lipinski definition) is 3. The molecule has 1 heterocycles. The fourth-order valence-corrected chi connectivity index (χ4v) is 3.91. The van der Waals surface area contributed by atoms with E-state index in [1.807, 2.05) is 37.8 Å². The first-order chi connectivity index (χ1) is 14.6. The third kappa shape index (κ3) is 5.31. The lowest BCUT2D eigenvalue weighted by molar-refractivity contribution is 0.100. The molecule has 2 atom stereocenters. The molecule has 1 aliphatic heterocycles. The number of para-hydroxylation sites is 1. The Bertz CT molecular complexity index is 974. The van der Waals surface area contributed by atoms with Crippen LogP contribution in [-0.2, 0) is 0 Å². The van der Waals surface area contributed by atoms with Gasteiger partial charge in [-0.2, -0.15) is 0 Å². The van der Waals surface area contributed by atoms with E-state index in [1.54, 1.807) is 12.1 Å². The zero-order valence-corrected chi connectivity index (χ0v) is 17.9. The summed E-state index contributed by atoms with van der Waals surface area (Å²) in [5.74, 6) is -1.87. The van der Waals surface area contributed by atoms with E-state index in [1.165, 1.54) is 12.1 Å². The van der Waals surface area contributed by atoms with Crippen molar-refractivity contribution in [2.24, 2.45) is 11.1 Å². The van der Waals surface area contributed by atoms with E-state index in [9.17, 15) is 18.4 Å². The molecule has 0 bridgehead atoms.